The van der Waals surface area contributed by atoms with E-state index in [0.717, 1.165) is 17.7 Å². The lowest BCUT2D eigenvalue weighted by Crippen LogP contribution is -2.37. The number of fused-ring (bicyclic) bond motifs is 1. The highest BCUT2D eigenvalue weighted by Gasteiger charge is 2.24. The zero-order valence-corrected chi connectivity index (χ0v) is 14.1. The Balaban J connectivity index is 2.10. The van der Waals surface area contributed by atoms with Crippen LogP contribution >= 0.6 is 0 Å². The van der Waals surface area contributed by atoms with Crippen LogP contribution in [0.3, 0.4) is 0 Å². The fourth-order valence-corrected chi connectivity index (χ4v) is 3.48. The van der Waals surface area contributed by atoms with Crippen molar-refractivity contribution in [2.45, 2.75) is 31.6 Å². The van der Waals surface area contributed by atoms with Crippen LogP contribution < -0.4 is 14.9 Å². The topological polar surface area (TPSA) is 95.6 Å². The van der Waals surface area contributed by atoms with Crippen LogP contribution in [-0.2, 0) is 26.0 Å². The molecule has 1 aromatic carbocycles. The molecule has 1 aliphatic rings. The van der Waals surface area contributed by atoms with Crippen LogP contribution in [0.5, 0.6) is 0 Å². The molecule has 0 atom stereocenters. The van der Waals surface area contributed by atoms with E-state index in [4.69, 9.17) is 0 Å². The molecule has 1 aromatic rings. The summed E-state index contributed by atoms with van der Waals surface area (Å²) in [6.07, 6.45) is 1.41. The minimum Gasteiger partial charge on any atom is -0.355 e. The number of carbonyl (C=O) groups is 2. The highest BCUT2D eigenvalue weighted by molar-refractivity contribution is 7.89. The highest BCUT2D eigenvalue weighted by Crippen LogP contribution is 2.30. The third-order valence-corrected chi connectivity index (χ3v) is 5.03. The molecule has 2 rings (SSSR count). The molecule has 7 nitrogen and oxygen atoms in total. The molecule has 0 bridgehead atoms. The largest absolute Gasteiger partial charge is 0.355 e. The number of benzene rings is 1. The molecule has 1 aliphatic heterocycles. The SMILES string of the molecule is CCCNC(=O)CNS(=O)(=O)c1ccc2c(c1)CCN2C(C)=O. The monoisotopic (exact) mass is 339 g/mol. The van der Waals surface area contributed by atoms with Gasteiger partial charge in [0.25, 0.3) is 0 Å². The maximum absolute atomic E-state index is 12.3. The minimum absolute atomic E-state index is 0.0647. The Morgan fingerprint density at radius 3 is 2.70 bits per heavy atom. The summed E-state index contributed by atoms with van der Waals surface area (Å²) in [5.41, 5.74) is 1.57. The Morgan fingerprint density at radius 2 is 2.04 bits per heavy atom. The van der Waals surface area contributed by atoms with Gasteiger partial charge in [-0.25, -0.2) is 13.1 Å². The van der Waals surface area contributed by atoms with Crippen LogP contribution in [0.25, 0.3) is 0 Å². The van der Waals surface area contributed by atoms with Gasteiger partial charge >= 0.3 is 0 Å². The molecule has 0 unspecified atom stereocenters. The summed E-state index contributed by atoms with van der Waals surface area (Å²) in [7, 11) is -3.75. The third kappa shape index (κ3) is 4.08. The van der Waals surface area contributed by atoms with Crippen molar-refractivity contribution in [2.24, 2.45) is 0 Å². The summed E-state index contributed by atoms with van der Waals surface area (Å²) in [4.78, 5) is 24.7. The first-order valence-electron chi connectivity index (χ1n) is 7.52. The zero-order chi connectivity index (χ0) is 17.0. The van der Waals surface area contributed by atoms with Gasteiger partial charge in [-0.1, -0.05) is 6.92 Å². The normalized spacial score (nSPS) is 13.7. The summed E-state index contributed by atoms with van der Waals surface area (Å²) < 4.78 is 26.8. The van der Waals surface area contributed by atoms with E-state index < -0.39 is 10.0 Å². The van der Waals surface area contributed by atoms with E-state index in [1.807, 2.05) is 6.92 Å². The van der Waals surface area contributed by atoms with Gasteiger partial charge in [0, 0.05) is 25.7 Å². The second kappa shape index (κ2) is 7.10. The standard InChI is InChI=1S/C15H21N3O4S/c1-3-7-16-15(20)10-17-23(21,22)13-4-5-14-12(9-13)6-8-18(14)11(2)19/h4-5,9,17H,3,6-8,10H2,1-2H3,(H,16,20). The number of carbonyl (C=O) groups excluding carboxylic acids is 2. The Labute approximate surface area is 136 Å². The van der Waals surface area contributed by atoms with Crippen molar-refractivity contribution in [2.75, 3.05) is 24.5 Å². The van der Waals surface area contributed by atoms with Gasteiger partial charge in [-0.2, -0.15) is 0 Å². The predicted octanol–water partition coefficient (Wildman–Crippen LogP) is 0.400. The molecular formula is C15H21N3O4S. The van der Waals surface area contributed by atoms with Crippen LogP contribution in [-0.4, -0.2) is 39.9 Å². The van der Waals surface area contributed by atoms with Crippen LogP contribution in [0.4, 0.5) is 5.69 Å². The Morgan fingerprint density at radius 1 is 1.30 bits per heavy atom. The summed E-state index contributed by atoms with van der Waals surface area (Å²) >= 11 is 0. The predicted molar refractivity (Wildman–Crippen MR) is 86.7 cm³/mol. The lowest BCUT2D eigenvalue weighted by Gasteiger charge is -2.15. The molecule has 23 heavy (non-hydrogen) atoms. The van der Waals surface area contributed by atoms with E-state index in [1.165, 1.54) is 13.0 Å². The number of nitrogens with one attached hydrogen (secondary N) is 2. The first kappa shape index (κ1) is 17.4. The summed E-state index contributed by atoms with van der Waals surface area (Å²) in [6.45, 7) is 4.18. The maximum atomic E-state index is 12.3. The van der Waals surface area contributed by atoms with Crippen molar-refractivity contribution in [3.63, 3.8) is 0 Å². The van der Waals surface area contributed by atoms with Gasteiger partial charge in [-0.15, -0.1) is 0 Å². The highest BCUT2D eigenvalue weighted by atomic mass is 32.2. The van der Waals surface area contributed by atoms with E-state index in [9.17, 15) is 18.0 Å². The van der Waals surface area contributed by atoms with Crippen molar-refractivity contribution in [1.29, 1.82) is 0 Å². The number of anilines is 1. The molecule has 0 spiro atoms. The van der Waals surface area contributed by atoms with Crippen molar-refractivity contribution in [3.8, 4) is 0 Å². The van der Waals surface area contributed by atoms with Gasteiger partial charge in [-0.3, -0.25) is 9.59 Å². The second-order valence-electron chi connectivity index (χ2n) is 5.39. The van der Waals surface area contributed by atoms with Crippen LogP contribution in [0.1, 0.15) is 25.8 Å². The summed E-state index contributed by atoms with van der Waals surface area (Å²) in [5.74, 6) is -0.426. The number of hydrogen-bond acceptors (Lipinski definition) is 4. The average molecular weight is 339 g/mol. The third-order valence-electron chi connectivity index (χ3n) is 3.63. The van der Waals surface area contributed by atoms with E-state index in [-0.39, 0.29) is 23.3 Å². The van der Waals surface area contributed by atoms with Crippen LogP contribution in [0.2, 0.25) is 0 Å². The van der Waals surface area contributed by atoms with Crippen molar-refractivity contribution in [3.05, 3.63) is 23.8 Å². The molecule has 0 fully saturated rings. The summed E-state index contributed by atoms with van der Waals surface area (Å²) in [6, 6.07) is 4.65. The Hall–Kier alpha value is -1.93. The molecule has 0 saturated carbocycles. The lowest BCUT2D eigenvalue weighted by molar-refractivity contribution is -0.120. The lowest BCUT2D eigenvalue weighted by atomic mass is 10.2. The van der Waals surface area contributed by atoms with Gasteiger partial charge in [0.2, 0.25) is 21.8 Å². The van der Waals surface area contributed by atoms with E-state index in [2.05, 4.69) is 10.0 Å². The van der Waals surface area contributed by atoms with Crippen molar-refractivity contribution in [1.82, 2.24) is 10.0 Å². The number of sulfonamides is 1. The van der Waals surface area contributed by atoms with E-state index in [1.54, 1.807) is 17.0 Å². The summed E-state index contributed by atoms with van der Waals surface area (Å²) in [5, 5.41) is 2.61. The molecule has 0 radical (unpaired) electrons. The maximum Gasteiger partial charge on any atom is 0.241 e. The molecule has 8 heteroatoms. The number of nitrogens with zero attached hydrogens (tertiary/aromatic N) is 1. The number of hydrogen-bond donors (Lipinski definition) is 2. The smallest absolute Gasteiger partial charge is 0.241 e. The fourth-order valence-electron chi connectivity index (χ4n) is 2.44. The van der Waals surface area contributed by atoms with Gasteiger partial charge < -0.3 is 10.2 Å². The molecule has 0 aliphatic carbocycles. The van der Waals surface area contributed by atoms with E-state index in [0.29, 0.717) is 19.5 Å². The molecule has 0 saturated heterocycles. The van der Waals surface area contributed by atoms with Crippen molar-refractivity contribution >= 4 is 27.5 Å². The quantitative estimate of drug-likeness (QED) is 0.784. The van der Waals surface area contributed by atoms with Gasteiger partial charge in [0.15, 0.2) is 0 Å². The molecule has 0 aromatic heterocycles. The van der Waals surface area contributed by atoms with Gasteiger partial charge in [0.05, 0.1) is 11.4 Å². The first-order valence-corrected chi connectivity index (χ1v) is 9.01. The molecular weight excluding hydrogens is 318 g/mol. The average Bonchev–Trinajstić information content (AvgIpc) is 2.94. The molecule has 1 heterocycles. The van der Waals surface area contributed by atoms with Crippen molar-refractivity contribution < 1.29 is 18.0 Å². The van der Waals surface area contributed by atoms with Crippen LogP contribution in [0, 0.1) is 0 Å². The molecule has 2 N–H and O–H groups in total. The number of rotatable bonds is 6. The Bertz CT molecular complexity index is 715. The molecule has 2 amide bonds. The number of amides is 2. The van der Waals surface area contributed by atoms with Gasteiger partial charge in [0.1, 0.15) is 0 Å². The fraction of sp³-hybridized carbons (Fsp3) is 0.467. The molecule has 126 valence electrons. The van der Waals surface area contributed by atoms with E-state index >= 15 is 0 Å². The second-order valence-corrected chi connectivity index (χ2v) is 7.15. The first-order chi connectivity index (χ1) is 10.8. The van der Waals surface area contributed by atoms with Crippen LogP contribution in [0.15, 0.2) is 23.1 Å². The Kier molecular flexibility index (Phi) is 5.38. The zero-order valence-electron chi connectivity index (χ0n) is 13.3. The van der Waals surface area contributed by atoms with Gasteiger partial charge in [-0.05, 0) is 36.6 Å². The minimum atomic E-state index is -3.75.